The average molecular weight is 439 g/mol. The van der Waals surface area contributed by atoms with Crippen LogP contribution in [-0.4, -0.2) is 37.2 Å². The van der Waals surface area contributed by atoms with E-state index >= 15 is 0 Å². The Balaban J connectivity index is 1.63. The number of hydrogen-bond acceptors (Lipinski definition) is 5. The van der Waals surface area contributed by atoms with Crippen LogP contribution in [0.3, 0.4) is 0 Å². The number of carbonyl (C=O) groups excluding carboxylic acids is 2. The minimum Gasteiger partial charge on any atom is -0.493 e. The summed E-state index contributed by atoms with van der Waals surface area (Å²) in [7, 11) is 1.41. The zero-order valence-electron chi connectivity index (χ0n) is 19.4. The number of Topliss-reactive ketones (excluding diaryl/α,β-unsaturated/α-hetero) is 1. The van der Waals surface area contributed by atoms with Crippen LogP contribution >= 0.6 is 0 Å². The molecule has 5 nitrogen and oxygen atoms in total. The Hall–Kier alpha value is -2.66. The first-order chi connectivity index (χ1) is 15.4. The first-order valence-electron chi connectivity index (χ1n) is 11.4. The second-order valence-electron chi connectivity index (χ2n) is 8.79. The maximum absolute atomic E-state index is 12.6. The fourth-order valence-electron chi connectivity index (χ4n) is 4.74. The van der Waals surface area contributed by atoms with E-state index in [2.05, 4.69) is 12.1 Å². The zero-order chi connectivity index (χ0) is 23.1. The summed E-state index contributed by atoms with van der Waals surface area (Å²) in [5.74, 6) is 1.01. The molecule has 0 unspecified atom stereocenters. The van der Waals surface area contributed by atoms with Crippen LogP contribution in [0.25, 0.3) is 0 Å². The maximum Gasteiger partial charge on any atom is 0.305 e. The molecule has 32 heavy (non-hydrogen) atoms. The van der Waals surface area contributed by atoms with Gasteiger partial charge in [0.2, 0.25) is 0 Å². The minimum atomic E-state index is -0.205. The van der Waals surface area contributed by atoms with Crippen LogP contribution in [-0.2, 0) is 33.6 Å². The second-order valence-corrected chi connectivity index (χ2v) is 8.79. The van der Waals surface area contributed by atoms with Crippen molar-refractivity contribution in [1.29, 1.82) is 0 Å². The number of esters is 1. The molecule has 172 valence electrons. The van der Waals surface area contributed by atoms with E-state index in [-0.39, 0.29) is 30.2 Å². The molecular formula is C27H34O5. The molecule has 1 aliphatic carbocycles. The Bertz CT molecular complexity index is 926. The monoisotopic (exact) mass is 438 g/mol. The minimum absolute atomic E-state index is 0.105. The molecule has 2 aromatic rings. The molecule has 3 rings (SSSR count). The summed E-state index contributed by atoms with van der Waals surface area (Å²) < 4.78 is 10.8. The molecule has 1 aliphatic rings. The Morgan fingerprint density at radius 3 is 2.50 bits per heavy atom. The van der Waals surface area contributed by atoms with Crippen molar-refractivity contribution in [3.05, 3.63) is 64.2 Å². The highest BCUT2D eigenvalue weighted by Gasteiger charge is 2.35. The van der Waals surface area contributed by atoms with Crippen molar-refractivity contribution in [1.82, 2.24) is 0 Å². The molecule has 0 saturated heterocycles. The molecule has 0 amide bonds. The number of rotatable bonds is 10. The predicted molar refractivity (Wildman–Crippen MR) is 124 cm³/mol. The largest absolute Gasteiger partial charge is 0.493 e. The van der Waals surface area contributed by atoms with Crippen molar-refractivity contribution in [3.63, 3.8) is 0 Å². The van der Waals surface area contributed by atoms with Gasteiger partial charge in [-0.05, 0) is 85.4 Å². The van der Waals surface area contributed by atoms with Crippen molar-refractivity contribution in [2.24, 2.45) is 11.8 Å². The molecule has 0 bridgehead atoms. The molecule has 5 heteroatoms. The van der Waals surface area contributed by atoms with E-state index in [0.29, 0.717) is 32.3 Å². The van der Waals surface area contributed by atoms with Crippen LogP contribution < -0.4 is 4.74 Å². The van der Waals surface area contributed by atoms with Gasteiger partial charge in [0, 0.05) is 19.4 Å². The van der Waals surface area contributed by atoms with Gasteiger partial charge in [-0.15, -0.1) is 0 Å². The lowest BCUT2D eigenvalue weighted by molar-refractivity contribution is -0.140. The molecule has 1 fully saturated rings. The predicted octanol–water partition coefficient (Wildman–Crippen LogP) is 4.16. The fraction of sp³-hybridized carbons (Fsp3) is 0.481. The first kappa shape index (κ1) is 24.0. The Kier molecular flexibility index (Phi) is 8.46. The molecule has 1 saturated carbocycles. The summed E-state index contributed by atoms with van der Waals surface area (Å²) in [5, 5.41) is 9.26. The van der Waals surface area contributed by atoms with Crippen molar-refractivity contribution < 1.29 is 24.2 Å². The number of carbonyl (C=O) groups is 2. The molecule has 2 atom stereocenters. The Morgan fingerprint density at radius 1 is 1.09 bits per heavy atom. The summed E-state index contributed by atoms with van der Waals surface area (Å²) in [4.78, 5) is 24.0. The van der Waals surface area contributed by atoms with Crippen molar-refractivity contribution in [2.75, 3.05) is 20.3 Å². The van der Waals surface area contributed by atoms with E-state index in [1.54, 1.807) is 0 Å². The van der Waals surface area contributed by atoms with E-state index in [1.165, 1.54) is 12.7 Å². The summed E-state index contributed by atoms with van der Waals surface area (Å²) in [6.45, 7) is 4.58. The van der Waals surface area contributed by atoms with Crippen LogP contribution in [0.4, 0.5) is 0 Å². The lowest BCUT2D eigenvalue weighted by Gasteiger charge is -2.20. The molecule has 0 radical (unpaired) electrons. The molecular weight excluding hydrogens is 404 g/mol. The molecule has 0 aromatic heterocycles. The number of benzene rings is 2. The second kappa shape index (κ2) is 11.3. The van der Waals surface area contributed by atoms with E-state index in [9.17, 15) is 14.7 Å². The summed E-state index contributed by atoms with van der Waals surface area (Å²) >= 11 is 0. The van der Waals surface area contributed by atoms with Gasteiger partial charge in [-0.1, -0.05) is 24.3 Å². The van der Waals surface area contributed by atoms with Crippen LogP contribution in [0.5, 0.6) is 5.75 Å². The number of methoxy groups -OCH3 is 1. The Labute approximate surface area is 190 Å². The van der Waals surface area contributed by atoms with Gasteiger partial charge in [0.15, 0.2) is 0 Å². The molecule has 0 aliphatic heterocycles. The van der Waals surface area contributed by atoms with E-state index in [4.69, 9.17) is 9.47 Å². The lowest BCUT2D eigenvalue weighted by atomic mass is 9.89. The number of aliphatic hydroxyl groups is 1. The van der Waals surface area contributed by atoms with Crippen LogP contribution in [0.2, 0.25) is 0 Å². The van der Waals surface area contributed by atoms with E-state index < -0.39 is 0 Å². The number of ketones is 1. The van der Waals surface area contributed by atoms with Crippen LogP contribution in [0.15, 0.2) is 36.4 Å². The van der Waals surface area contributed by atoms with Gasteiger partial charge >= 0.3 is 5.97 Å². The third-order valence-electron chi connectivity index (χ3n) is 6.54. The van der Waals surface area contributed by atoms with Gasteiger partial charge in [-0.3, -0.25) is 9.59 Å². The van der Waals surface area contributed by atoms with Crippen molar-refractivity contribution in [3.8, 4) is 5.75 Å². The number of hydrogen-bond donors (Lipinski definition) is 1. The molecule has 0 heterocycles. The van der Waals surface area contributed by atoms with E-state index in [0.717, 1.165) is 40.8 Å². The van der Waals surface area contributed by atoms with Gasteiger partial charge in [-0.25, -0.2) is 0 Å². The van der Waals surface area contributed by atoms with Gasteiger partial charge in [0.25, 0.3) is 0 Å². The summed E-state index contributed by atoms with van der Waals surface area (Å²) in [6.07, 6.45) is 3.98. The SMILES string of the molecule is COC(=O)CCc1cccc(C[C@H]2CCC(=O)[C@@H]2COc2cc(C)c(CCO)c(C)c2)c1. The lowest BCUT2D eigenvalue weighted by Crippen LogP contribution is -2.24. The standard InChI is InChI=1S/C27H34O5/c1-18-13-23(14-19(2)24(18)11-12-28)32-17-25-22(8-9-26(25)29)16-21-6-4-5-20(15-21)7-10-27(30)31-3/h4-6,13-15,22,25,28H,7-12,16-17H2,1-3H3/t22-,25-/m1/s1. The number of aliphatic hydroxyl groups excluding tert-OH is 1. The summed E-state index contributed by atoms with van der Waals surface area (Å²) in [6, 6.07) is 12.3. The fourth-order valence-corrected chi connectivity index (χ4v) is 4.74. The zero-order valence-corrected chi connectivity index (χ0v) is 19.4. The van der Waals surface area contributed by atoms with Crippen molar-refractivity contribution in [2.45, 2.75) is 52.4 Å². The quantitative estimate of drug-likeness (QED) is 0.564. The van der Waals surface area contributed by atoms with Crippen molar-refractivity contribution >= 4 is 11.8 Å². The number of aryl methyl sites for hydroxylation is 3. The third kappa shape index (κ3) is 6.19. The molecule has 2 aromatic carbocycles. The topological polar surface area (TPSA) is 72.8 Å². The van der Waals surface area contributed by atoms with Crippen LogP contribution in [0, 0.1) is 25.7 Å². The smallest absolute Gasteiger partial charge is 0.305 e. The highest BCUT2D eigenvalue weighted by atomic mass is 16.5. The molecule has 0 spiro atoms. The first-order valence-corrected chi connectivity index (χ1v) is 11.4. The van der Waals surface area contributed by atoms with Gasteiger partial charge < -0.3 is 14.6 Å². The van der Waals surface area contributed by atoms with E-state index in [1.807, 2.05) is 38.1 Å². The summed E-state index contributed by atoms with van der Waals surface area (Å²) in [5.41, 5.74) is 5.66. The Morgan fingerprint density at radius 2 is 1.81 bits per heavy atom. The molecule has 1 N–H and O–H groups in total. The highest BCUT2D eigenvalue weighted by molar-refractivity contribution is 5.83. The van der Waals surface area contributed by atoms with Gasteiger partial charge in [0.05, 0.1) is 19.6 Å². The number of ether oxygens (including phenoxy) is 2. The van der Waals surface area contributed by atoms with Crippen LogP contribution in [0.1, 0.15) is 47.1 Å². The normalized spacial score (nSPS) is 18.1. The average Bonchev–Trinajstić information content (AvgIpc) is 3.12. The van der Waals surface area contributed by atoms with Gasteiger partial charge in [0.1, 0.15) is 11.5 Å². The highest BCUT2D eigenvalue weighted by Crippen LogP contribution is 2.33. The maximum atomic E-state index is 12.6. The van der Waals surface area contributed by atoms with Gasteiger partial charge in [-0.2, -0.15) is 0 Å². The third-order valence-corrected chi connectivity index (χ3v) is 6.54.